The van der Waals surface area contributed by atoms with Gasteiger partial charge in [0.05, 0.1) is 0 Å². The molecule has 2 aliphatic carbocycles. The third kappa shape index (κ3) is 3.11. The van der Waals surface area contributed by atoms with E-state index in [4.69, 9.17) is 0 Å². The van der Waals surface area contributed by atoms with Crippen molar-refractivity contribution in [3.05, 3.63) is 22.4 Å². The molecule has 0 amide bonds. The van der Waals surface area contributed by atoms with E-state index in [1.807, 2.05) is 11.3 Å². The fourth-order valence-corrected chi connectivity index (χ4v) is 4.00. The van der Waals surface area contributed by atoms with Crippen LogP contribution in [0, 0.1) is 11.8 Å². The Hall–Kier alpha value is -0.340. The molecule has 0 aromatic carbocycles. The molecule has 1 aromatic heterocycles. The molecule has 1 aromatic rings. The lowest BCUT2D eigenvalue weighted by Crippen LogP contribution is -2.27. The summed E-state index contributed by atoms with van der Waals surface area (Å²) in [6.07, 6.45) is 10.1. The summed E-state index contributed by atoms with van der Waals surface area (Å²) in [5, 5.41) is 6.07. The van der Waals surface area contributed by atoms with E-state index in [0.717, 1.165) is 11.8 Å². The molecule has 2 saturated carbocycles. The first kappa shape index (κ1) is 11.7. The molecule has 0 bridgehead atoms. The number of nitrogens with one attached hydrogen (secondary N) is 1. The molecule has 94 valence electrons. The standard InChI is InChI=1S/C15H23NS/c1-2-5-13(4-1)15(14-6-3-11-17-14)16-10-9-12-7-8-12/h3,6,11-13,15-16H,1-2,4-5,7-10H2. The van der Waals surface area contributed by atoms with Gasteiger partial charge in [-0.2, -0.15) is 0 Å². The average Bonchev–Trinajstić information content (AvgIpc) is 2.88. The molecule has 2 heteroatoms. The molecule has 1 unspecified atom stereocenters. The topological polar surface area (TPSA) is 12.0 Å². The molecular weight excluding hydrogens is 226 g/mol. The molecule has 0 spiro atoms. The van der Waals surface area contributed by atoms with Crippen LogP contribution in [-0.4, -0.2) is 6.54 Å². The lowest BCUT2D eigenvalue weighted by molar-refractivity contribution is 0.368. The Balaban J connectivity index is 1.58. The van der Waals surface area contributed by atoms with E-state index in [1.165, 1.54) is 51.5 Å². The van der Waals surface area contributed by atoms with Crippen LogP contribution >= 0.6 is 11.3 Å². The molecule has 0 saturated heterocycles. The van der Waals surface area contributed by atoms with Crippen LogP contribution in [0.5, 0.6) is 0 Å². The largest absolute Gasteiger partial charge is 0.309 e. The molecule has 0 radical (unpaired) electrons. The lowest BCUT2D eigenvalue weighted by Gasteiger charge is -2.24. The van der Waals surface area contributed by atoms with Crippen LogP contribution in [-0.2, 0) is 0 Å². The van der Waals surface area contributed by atoms with Crippen LogP contribution in [0.15, 0.2) is 17.5 Å². The van der Waals surface area contributed by atoms with Crippen LogP contribution in [0.4, 0.5) is 0 Å². The molecule has 17 heavy (non-hydrogen) atoms. The Labute approximate surface area is 109 Å². The van der Waals surface area contributed by atoms with Gasteiger partial charge in [0.1, 0.15) is 0 Å². The van der Waals surface area contributed by atoms with Crippen molar-refractivity contribution in [2.75, 3.05) is 6.54 Å². The maximum Gasteiger partial charge on any atom is 0.0443 e. The first-order valence-corrected chi connectivity index (χ1v) is 8.08. The summed E-state index contributed by atoms with van der Waals surface area (Å²) in [7, 11) is 0. The summed E-state index contributed by atoms with van der Waals surface area (Å²) in [6, 6.07) is 5.17. The van der Waals surface area contributed by atoms with Gasteiger partial charge in [-0.1, -0.05) is 31.7 Å². The molecule has 1 N–H and O–H groups in total. The Kier molecular flexibility index (Phi) is 3.82. The lowest BCUT2D eigenvalue weighted by atomic mass is 9.96. The van der Waals surface area contributed by atoms with Gasteiger partial charge in [0.15, 0.2) is 0 Å². The second-order valence-corrected chi connectivity index (χ2v) is 6.70. The quantitative estimate of drug-likeness (QED) is 0.789. The summed E-state index contributed by atoms with van der Waals surface area (Å²) in [4.78, 5) is 1.56. The van der Waals surface area contributed by atoms with Gasteiger partial charge in [-0.15, -0.1) is 11.3 Å². The van der Waals surface area contributed by atoms with E-state index in [1.54, 1.807) is 4.88 Å². The summed E-state index contributed by atoms with van der Waals surface area (Å²) >= 11 is 1.93. The zero-order chi connectivity index (χ0) is 11.5. The number of rotatable bonds is 6. The van der Waals surface area contributed by atoms with Gasteiger partial charge in [0.2, 0.25) is 0 Å². The third-order valence-corrected chi connectivity index (χ3v) is 5.29. The second-order valence-electron chi connectivity index (χ2n) is 5.72. The van der Waals surface area contributed by atoms with Crippen LogP contribution in [0.2, 0.25) is 0 Å². The summed E-state index contributed by atoms with van der Waals surface area (Å²) in [5.74, 6) is 1.95. The minimum atomic E-state index is 0.649. The van der Waals surface area contributed by atoms with Crippen molar-refractivity contribution in [2.45, 2.75) is 51.0 Å². The molecule has 2 aliphatic rings. The zero-order valence-corrected chi connectivity index (χ0v) is 11.3. The van der Waals surface area contributed by atoms with Crippen LogP contribution in [0.25, 0.3) is 0 Å². The molecule has 1 nitrogen and oxygen atoms in total. The molecule has 1 atom stereocenters. The maximum atomic E-state index is 3.85. The molecule has 1 heterocycles. The van der Waals surface area contributed by atoms with Gasteiger partial charge < -0.3 is 5.32 Å². The van der Waals surface area contributed by atoms with Gasteiger partial charge in [0, 0.05) is 10.9 Å². The van der Waals surface area contributed by atoms with Crippen molar-refractivity contribution in [1.82, 2.24) is 5.32 Å². The van der Waals surface area contributed by atoms with Crippen LogP contribution in [0.3, 0.4) is 0 Å². The second kappa shape index (κ2) is 5.53. The van der Waals surface area contributed by atoms with Crippen LogP contribution in [0.1, 0.15) is 55.9 Å². The third-order valence-electron chi connectivity index (χ3n) is 4.33. The van der Waals surface area contributed by atoms with Crippen molar-refractivity contribution in [2.24, 2.45) is 11.8 Å². The minimum Gasteiger partial charge on any atom is -0.309 e. The van der Waals surface area contributed by atoms with Gasteiger partial charge in [-0.05, 0) is 49.1 Å². The average molecular weight is 249 g/mol. The van der Waals surface area contributed by atoms with E-state index >= 15 is 0 Å². The van der Waals surface area contributed by atoms with Crippen LogP contribution < -0.4 is 5.32 Å². The fourth-order valence-electron chi connectivity index (χ4n) is 3.11. The van der Waals surface area contributed by atoms with E-state index in [0.29, 0.717) is 6.04 Å². The summed E-state index contributed by atoms with van der Waals surface area (Å²) < 4.78 is 0. The predicted octanol–water partition coefficient (Wildman–Crippen LogP) is 4.37. The van der Waals surface area contributed by atoms with Gasteiger partial charge >= 0.3 is 0 Å². The predicted molar refractivity (Wildman–Crippen MR) is 74.4 cm³/mol. The van der Waals surface area contributed by atoms with Gasteiger partial charge in [-0.3, -0.25) is 0 Å². The number of thiophene rings is 1. The Morgan fingerprint density at radius 2 is 2.06 bits per heavy atom. The Bertz CT molecular complexity index is 323. The van der Waals surface area contributed by atoms with Gasteiger partial charge in [-0.25, -0.2) is 0 Å². The minimum absolute atomic E-state index is 0.649. The highest BCUT2D eigenvalue weighted by molar-refractivity contribution is 7.10. The van der Waals surface area contributed by atoms with E-state index in [2.05, 4.69) is 22.8 Å². The van der Waals surface area contributed by atoms with Crippen molar-refractivity contribution < 1.29 is 0 Å². The van der Waals surface area contributed by atoms with E-state index in [9.17, 15) is 0 Å². The highest BCUT2D eigenvalue weighted by Crippen LogP contribution is 2.38. The monoisotopic (exact) mass is 249 g/mol. The van der Waals surface area contributed by atoms with E-state index < -0.39 is 0 Å². The van der Waals surface area contributed by atoms with E-state index in [-0.39, 0.29) is 0 Å². The summed E-state index contributed by atoms with van der Waals surface area (Å²) in [5.41, 5.74) is 0. The highest BCUT2D eigenvalue weighted by Gasteiger charge is 2.27. The first-order chi connectivity index (χ1) is 8.43. The number of hydrogen-bond donors (Lipinski definition) is 1. The van der Waals surface area contributed by atoms with Crippen molar-refractivity contribution in [3.8, 4) is 0 Å². The first-order valence-electron chi connectivity index (χ1n) is 7.20. The molecule has 3 rings (SSSR count). The fraction of sp³-hybridized carbons (Fsp3) is 0.733. The Morgan fingerprint density at radius 3 is 2.71 bits per heavy atom. The number of hydrogen-bond acceptors (Lipinski definition) is 2. The highest BCUT2D eigenvalue weighted by atomic mass is 32.1. The van der Waals surface area contributed by atoms with Crippen molar-refractivity contribution >= 4 is 11.3 Å². The maximum absolute atomic E-state index is 3.85. The summed E-state index contributed by atoms with van der Waals surface area (Å²) in [6.45, 7) is 1.23. The molecular formula is C15H23NS. The molecule has 0 aliphatic heterocycles. The zero-order valence-electron chi connectivity index (χ0n) is 10.5. The smallest absolute Gasteiger partial charge is 0.0443 e. The molecule has 2 fully saturated rings. The Morgan fingerprint density at radius 1 is 1.24 bits per heavy atom. The van der Waals surface area contributed by atoms with Crippen molar-refractivity contribution in [1.29, 1.82) is 0 Å². The van der Waals surface area contributed by atoms with Gasteiger partial charge in [0.25, 0.3) is 0 Å². The van der Waals surface area contributed by atoms with Crippen molar-refractivity contribution in [3.63, 3.8) is 0 Å². The normalized spacial score (nSPS) is 23.1. The SMILES string of the molecule is c1csc(C(NCCC2CC2)C2CCCC2)c1.